The highest BCUT2D eigenvalue weighted by molar-refractivity contribution is 5.88. The number of hydrogen-bond acceptors (Lipinski definition) is 15. The predicted molar refractivity (Wildman–Crippen MR) is 213 cm³/mol. The smallest absolute Gasteiger partial charge is 0.216 e. The van der Waals surface area contributed by atoms with Crippen LogP contribution >= 0.6 is 0 Å². The fraction of sp³-hybridized carbons (Fsp3) is 0.976. The van der Waals surface area contributed by atoms with E-state index in [1.807, 2.05) is 67.5 Å². The molecule has 0 aromatic rings. The van der Waals surface area contributed by atoms with Crippen molar-refractivity contribution in [3.63, 3.8) is 0 Å². The van der Waals surface area contributed by atoms with Gasteiger partial charge >= 0.3 is 0 Å². The Balaban J connectivity index is 2.58. The van der Waals surface area contributed by atoms with Crippen molar-refractivity contribution in [3.8, 4) is 0 Å². The molecule has 0 aliphatic carbocycles. The van der Waals surface area contributed by atoms with E-state index < -0.39 is 83.8 Å². The van der Waals surface area contributed by atoms with Gasteiger partial charge in [-0.15, -0.1) is 0 Å². The minimum absolute atomic E-state index is 0.0763. The van der Waals surface area contributed by atoms with Gasteiger partial charge in [-0.05, 0) is 73.9 Å². The number of aliphatic hydroxyl groups is 5. The van der Waals surface area contributed by atoms with Gasteiger partial charge in [0.2, 0.25) is 6.79 Å². The highest BCUT2D eigenvalue weighted by atomic mass is 16.7. The van der Waals surface area contributed by atoms with Gasteiger partial charge in [0.15, 0.2) is 12.6 Å². The summed E-state index contributed by atoms with van der Waals surface area (Å²) in [5.41, 5.74) is -3.51. The maximum atomic E-state index is 12.7. The topological polar surface area (TPSA) is 191 Å². The lowest BCUT2D eigenvalue weighted by atomic mass is 9.74. The average Bonchev–Trinajstić information content (AvgIpc) is 3.11. The average molecular weight is 809 g/mol. The molecule has 0 radical (unpaired) electrons. The van der Waals surface area contributed by atoms with Crippen LogP contribution in [0.2, 0.25) is 0 Å². The standard InChI is InChI=1S/C41H80N2O13/c1-16-17-39(9,47)35(45)27(6)32(42-52-23-51-19-18-49-14)25(4)21-40(10,48)37(56-38-33(44)30(43(12)13)20-26(5)53-38)28(7)34(24(2)3)55-31-22-41(11,50-15)36(46)29(8)54-31/h24-31,33-38,44-48H,16-23H2,1-15H3/t25?,26-,27?,28?,29+,30+,31+,33-,34?,35?,36+,37?,38+,39?,40?,41-/m1/s1. The highest BCUT2D eigenvalue weighted by Gasteiger charge is 2.50. The molecular formula is C41H80N2O13. The van der Waals surface area contributed by atoms with E-state index in [1.54, 1.807) is 41.9 Å². The van der Waals surface area contributed by atoms with Gasteiger partial charge in [-0.3, -0.25) is 0 Å². The van der Waals surface area contributed by atoms with Crippen LogP contribution in [0.3, 0.4) is 0 Å². The number of methoxy groups -OCH3 is 2. The first-order valence-electron chi connectivity index (χ1n) is 20.6. The fourth-order valence-corrected chi connectivity index (χ4v) is 8.62. The molecule has 8 unspecified atom stereocenters. The molecule has 0 spiro atoms. The first-order chi connectivity index (χ1) is 26.0. The first-order valence-corrected chi connectivity index (χ1v) is 20.6. The van der Waals surface area contributed by atoms with E-state index in [1.165, 1.54) is 0 Å². The Hall–Kier alpha value is -1.05. The number of rotatable bonds is 24. The van der Waals surface area contributed by atoms with E-state index in [4.69, 9.17) is 38.0 Å². The summed E-state index contributed by atoms with van der Waals surface area (Å²) >= 11 is 0. The molecule has 0 aromatic carbocycles. The molecule has 2 saturated heterocycles. The zero-order chi connectivity index (χ0) is 42.8. The van der Waals surface area contributed by atoms with Gasteiger partial charge in [0, 0.05) is 44.4 Å². The van der Waals surface area contributed by atoms with Gasteiger partial charge in [-0.2, -0.15) is 0 Å². The zero-order valence-electron chi connectivity index (χ0n) is 37.1. The molecule has 16 atom stereocenters. The van der Waals surface area contributed by atoms with E-state index in [-0.39, 0.29) is 37.7 Å². The van der Waals surface area contributed by atoms with Crippen molar-refractivity contribution < 1.29 is 63.5 Å². The normalized spacial score (nSPS) is 33.3. The van der Waals surface area contributed by atoms with Crippen LogP contribution in [0.1, 0.15) is 108 Å². The number of aliphatic hydroxyl groups excluding tert-OH is 3. The van der Waals surface area contributed by atoms with E-state index in [0.717, 1.165) is 0 Å². The van der Waals surface area contributed by atoms with Gasteiger partial charge in [0.25, 0.3) is 0 Å². The Kier molecular flexibility index (Phi) is 20.5. The van der Waals surface area contributed by atoms with E-state index >= 15 is 0 Å². The first kappa shape index (κ1) is 51.1. The van der Waals surface area contributed by atoms with Crippen molar-refractivity contribution in [1.29, 1.82) is 0 Å². The summed E-state index contributed by atoms with van der Waals surface area (Å²) in [7, 11) is 6.93. The van der Waals surface area contributed by atoms with Crippen LogP contribution in [-0.2, 0) is 38.0 Å². The van der Waals surface area contributed by atoms with Crippen LogP contribution in [-0.4, -0.2) is 163 Å². The van der Waals surface area contributed by atoms with Gasteiger partial charge in [-0.25, -0.2) is 0 Å². The number of ether oxygens (including phenoxy) is 7. The summed E-state index contributed by atoms with van der Waals surface area (Å²) in [6.45, 7) is 20.9. The number of hydrogen-bond donors (Lipinski definition) is 5. The summed E-state index contributed by atoms with van der Waals surface area (Å²) in [5, 5.41) is 62.3. The molecular weight excluding hydrogens is 728 g/mol. The van der Waals surface area contributed by atoms with Gasteiger partial charge in [0.1, 0.15) is 12.2 Å². The van der Waals surface area contributed by atoms with Crippen LogP contribution in [0.5, 0.6) is 0 Å². The van der Waals surface area contributed by atoms with E-state index in [2.05, 4.69) is 5.16 Å². The van der Waals surface area contributed by atoms with Crippen LogP contribution in [0.4, 0.5) is 0 Å². The van der Waals surface area contributed by atoms with E-state index in [9.17, 15) is 25.5 Å². The minimum atomic E-state index is -1.61. The second-order valence-electron chi connectivity index (χ2n) is 17.7. The Bertz CT molecular complexity index is 1160. The Labute approximate surface area is 337 Å². The monoisotopic (exact) mass is 809 g/mol. The summed E-state index contributed by atoms with van der Waals surface area (Å²) in [6, 6.07) is -0.253. The van der Waals surface area contributed by atoms with Crippen molar-refractivity contribution in [2.24, 2.45) is 28.8 Å². The van der Waals surface area contributed by atoms with Gasteiger partial charge in [-0.1, -0.05) is 53.1 Å². The molecule has 5 N–H and O–H groups in total. The quantitative estimate of drug-likeness (QED) is 0.0411. The molecule has 0 aromatic heterocycles. The van der Waals surface area contributed by atoms with Crippen molar-refractivity contribution >= 4 is 5.71 Å². The Morgan fingerprint density at radius 1 is 0.982 bits per heavy atom. The summed E-state index contributed by atoms with van der Waals surface area (Å²) in [4.78, 5) is 7.54. The molecule has 56 heavy (non-hydrogen) atoms. The lowest BCUT2D eigenvalue weighted by molar-refractivity contribution is -0.317. The number of oxime groups is 1. The molecule has 2 aliphatic heterocycles. The SMILES string of the molecule is CCCC(C)(O)C(O)C(C)C(=NOCOCCOC)C(C)CC(C)(O)C(O[C@@H]1O[C@H](C)C[C@H](N(C)C)[C@H]1O)C(C)C(O[C@H]1C[C@@](C)(OC)[C@@H](O)[C@H](C)O1)C(C)C. The fourth-order valence-electron chi connectivity index (χ4n) is 8.62. The Morgan fingerprint density at radius 3 is 2.18 bits per heavy atom. The molecule has 0 saturated carbocycles. The third-order valence-corrected chi connectivity index (χ3v) is 11.9. The molecule has 15 heteroatoms. The van der Waals surface area contributed by atoms with Crippen molar-refractivity contribution in [2.45, 2.75) is 186 Å². The van der Waals surface area contributed by atoms with Gasteiger partial charge in [0.05, 0.1) is 66.2 Å². The Morgan fingerprint density at radius 2 is 1.62 bits per heavy atom. The lowest BCUT2D eigenvalue weighted by Gasteiger charge is -2.49. The van der Waals surface area contributed by atoms with Crippen LogP contribution in [0.15, 0.2) is 5.16 Å². The van der Waals surface area contributed by atoms with Crippen LogP contribution in [0.25, 0.3) is 0 Å². The third kappa shape index (κ3) is 13.7. The lowest BCUT2D eigenvalue weighted by Crippen LogP contribution is -2.60. The molecule has 2 heterocycles. The van der Waals surface area contributed by atoms with Gasteiger partial charge < -0.3 is 68.4 Å². The molecule has 2 rings (SSSR count). The second-order valence-corrected chi connectivity index (χ2v) is 17.7. The molecule has 15 nitrogen and oxygen atoms in total. The third-order valence-electron chi connectivity index (χ3n) is 11.9. The van der Waals surface area contributed by atoms with Crippen LogP contribution < -0.4 is 0 Å². The highest BCUT2D eigenvalue weighted by Crippen LogP contribution is 2.40. The van der Waals surface area contributed by atoms with Crippen molar-refractivity contribution in [3.05, 3.63) is 0 Å². The van der Waals surface area contributed by atoms with E-state index in [0.29, 0.717) is 38.2 Å². The number of likely N-dealkylation sites (N-methyl/N-ethyl adjacent to an activating group) is 1. The maximum Gasteiger partial charge on any atom is 0.216 e. The second kappa shape index (κ2) is 22.5. The molecule has 0 amide bonds. The minimum Gasteiger partial charge on any atom is -0.389 e. The summed E-state index contributed by atoms with van der Waals surface area (Å²) in [5.74, 6) is -1.79. The number of nitrogens with zero attached hydrogens (tertiary/aromatic N) is 2. The van der Waals surface area contributed by atoms with Crippen molar-refractivity contribution in [1.82, 2.24) is 4.90 Å². The maximum absolute atomic E-state index is 12.7. The molecule has 2 fully saturated rings. The molecule has 2 aliphatic rings. The van der Waals surface area contributed by atoms with Crippen molar-refractivity contribution in [2.75, 3.05) is 48.3 Å². The molecule has 332 valence electrons. The van der Waals surface area contributed by atoms with Crippen LogP contribution in [0, 0.1) is 23.7 Å². The largest absolute Gasteiger partial charge is 0.389 e. The predicted octanol–water partition coefficient (Wildman–Crippen LogP) is 3.69. The summed E-state index contributed by atoms with van der Waals surface area (Å²) in [6.07, 6.45) is -5.22. The zero-order valence-corrected chi connectivity index (χ0v) is 37.1. The molecule has 0 bridgehead atoms. The summed E-state index contributed by atoms with van der Waals surface area (Å²) < 4.78 is 42.2.